The van der Waals surface area contributed by atoms with E-state index in [2.05, 4.69) is 4.98 Å². The van der Waals surface area contributed by atoms with Gasteiger partial charge in [0, 0.05) is 11.8 Å². The molecular formula is C17H13F3N2O5S. The van der Waals surface area contributed by atoms with Crippen LogP contribution in [0.5, 0.6) is 0 Å². The van der Waals surface area contributed by atoms with Crippen LogP contribution in [0.1, 0.15) is 24.3 Å². The predicted octanol–water partition coefficient (Wildman–Crippen LogP) is 2.42. The molecule has 0 saturated carbocycles. The van der Waals surface area contributed by atoms with Crippen molar-refractivity contribution in [3.05, 3.63) is 77.1 Å². The van der Waals surface area contributed by atoms with E-state index in [1.807, 2.05) is 0 Å². The largest absolute Gasteiger partial charge is 0.460 e. The van der Waals surface area contributed by atoms with Crippen molar-refractivity contribution in [3.8, 4) is 0 Å². The molecule has 11 heteroatoms. The van der Waals surface area contributed by atoms with Crippen LogP contribution in [0.15, 0.2) is 60.3 Å². The number of hydrogen-bond acceptors (Lipinski definition) is 7. The van der Waals surface area contributed by atoms with Gasteiger partial charge in [0.15, 0.2) is 6.08 Å². The molecule has 1 aliphatic heterocycles. The van der Waals surface area contributed by atoms with Crippen LogP contribution in [0.3, 0.4) is 0 Å². The van der Waals surface area contributed by atoms with Gasteiger partial charge < -0.3 is 14.7 Å². The lowest BCUT2D eigenvalue weighted by atomic mass is 10.1. The minimum atomic E-state index is -4.72. The third-order valence-electron chi connectivity index (χ3n) is 3.56. The lowest BCUT2D eigenvalue weighted by molar-refractivity contribution is -0.141. The highest BCUT2D eigenvalue weighted by molar-refractivity contribution is 7.86. The van der Waals surface area contributed by atoms with Gasteiger partial charge >= 0.3 is 16.3 Å². The van der Waals surface area contributed by atoms with E-state index in [0.717, 1.165) is 6.07 Å². The Hall–Kier alpha value is -3.08. The fourth-order valence-corrected chi connectivity index (χ4v) is 3.39. The Balaban J connectivity index is 1.83. The second kappa shape index (κ2) is 7.15. The standard InChI is InChI=1S/C17H13F3N2O5S/c18-17(19,20)12-7-6-11(8-22-12)14-13(23)15(16(21)26-14)27-28(24,25)9-10-4-2-1-3-5-10/h1-8,14H,9,21H2/t14-/m1/s1/i14D. The van der Waals surface area contributed by atoms with Crippen molar-refractivity contribution >= 4 is 15.9 Å². The van der Waals surface area contributed by atoms with Crippen molar-refractivity contribution in [2.45, 2.75) is 18.0 Å². The third-order valence-corrected chi connectivity index (χ3v) is 4.67. The molecule has 0 unspecified atom stereocenters. The maximum atomic E-state index is 12.6. The SMILES string of the molecule is [2H][C@]1(c2ccc(C(F)(F)F)nc2)OC(N)=C(OS(=O)(=O)Cc2ccccc2)C1=O. The number of hydrogen-bond donors (Lipinski definition) is 1. The van der Waals surface area contributed by atoms with E-state index in [0.29, 0.717) is 17.8 Å². The van der Waals surface area contributed by atoms with Gasteiger partial charge in [-0.2, -0.15) is 21.6 Å². The first kappa shape index (κ1) is 18.3. The normalized spacial score (nSPS) is 20.7. The summed E-state index contributed by atoms with van der Waals surface area (Å²) in [5.41, 5.74) is 4.27. The second-order valence-electron chi connectivity index (χ2n) is 5.65. The highest BCUT2D eigenvalue weighted by Crippen LogP contribution is 2.34. The minimum absolute atomic E-state index is 0.377. The summed E-state index contributed by atoms with van der Waals surface area (Å²) in [5.74, 6) is -3.56. The summed E-state index contributed by atoms with van der Waals surface area (Å²) in [5, 5.41) is 0. The molecule has 1 aliphatic rings. The summed E-state index contributed by atoms with van der Waals surface area (Å²) in [6, 6.07) is 9.31. The van der Waals surface area contributed by atoms with Crippen LogP contribution in [-0.4, -0.2) is 19.2 Å². The molecule has 1 aromatic carbocycles. The molecule has 0 bridgehead atoms. The molecule has 1 aromatic heterocycles. The predicted molar refractivity (Wildman–Crippen MR) is 89.4 cm³/mol. The zero-order valence-electron chi connectivity index (χ0n) is 14.9. The average Bonchev–Trinajstić information content (AvgIpc) is 2.85. The molecule has 0 aliphatic carbocycles. The highest BCUT2D eigenvalue weighted by Gasteiger charge is 2.40. The van der Waals surface area contributed by atoms with E-state index in [-0.39, 0.29) is 5.56 Å². The van der Waals surface area contributed by atoms with Gasteiger partial charge in [0.05, 0.1) is 1.37 Å². The molecule has 1 atom stereocenters. The van der Waals surface area contributed by atoms with E-state index < -0.39 is 51.2 Å². The van der Waals surface area contributed by atoms with Crippen molar-refractivity contribution in [1.29, 1.82) is 0 Å². The van der Waals surface area contributed by atoms with Crippen LogP contribution in [0, 0.1) is 0 Å². The fourth-order valence-electron chi connectivity index (χ4n) is 2.32. The number of ether oxygens (including phenoxy) is 1. The number of alkyl halides is 3. The zero-order valence-corrected chi connectivity index (χ0v) is 14.8. The molecule has 0 saturated heterocycles. The number of nitrogens with two attached hydrogens (primary N) is 1. The lowest BCUT2D eigenvalue weighted by Crippen LogP contribution is -2.16. The Kier molecular flexibility index (Phi) is 4.67. The van der Waals surface area contributed by atoms with Gasteiger partial charge in [0.1, 0.15) is 11.4 Å². The molecule has 2 N–H and O–H groups in total. The zero-order chi connectivity index (χ0) is 21.4. The van der Waals surface area contributed by atoms with Crippen molar-refractivity contribution in [3.63, 3.8) is 0 Å². The second-order valence-corrected chi connectivity index (χ2v) is 7.23. The first-order valence-electron chi connectivity index (χ1n) is 8.16. The van der Waals surface area contributed by atoms with E-state index in [4.69, 9.17) is 16.0 Å². The maximum Gasteiger partial charge on any atom is 0.433 e. The van der Waals surface area contributed by atoms with E-state index in [9.17, 15) is 26.4 Å². The summed E-state index contributed by atoms with van der Waals surface area (Å²) in [7, 11) is -4.33. The van der Waals surface area contributed by atoms with Gasteiger partial charge in [0.25, 0.3) is 0 Å². The van der Waals surface area contributed by atoms with Gasteiger partial charge in [-0.05, 0) is 11.6 Å². The maximum absolute atomic E-state index is 12.6. The van der Waals surface area contributed by atoms with E-state index in [1.54, 1.807) is 18.2 Å². The molecule has 3 rings (SSSR count). The topological polar surface area (TPSA) is 109 Å². The number of pyridine rings is 1. The molecule has 2 heterocycles. The number of ketones is 1. The summed E-state index contributed by atoms with van der Waals surface area (Å²) in [6.07, 6.45) is -6.72. The van der Waals surface area contributed by atoms with Gasteiger partial charge in [-0.3, -0.25) is 9.78 Å². The number of nitrogens with zero attached hydrogens (tertiary/aromatic N) is 1. The Morgan fingerprint density at radius 3 is 2.46 bits per heavy atom. The molecule has 0 spiro atoms. The van der Waals surface area contributed by atoms with Crippen molar-refractivity contribution < 1.29 is 36.7 Å². The molecule has 28 heavy (non-hydrogen) atoms. The Morgan fingerprint density at radius 2 is 1.89 bits per heavy atom. The van der Waals surface area contributed by atoms with Gasteiger partial charge in [-0.1, -0.05) is 36.4 Å². The van der Waals surface area contributed by atoms with E-state index in [1.165, 1.54) is 12.1 Å². The number of halogens is 3. The first-order chi connectivity index (χ1) is 13.4. The van der Waals surface area contributed by atoms with Gasteiger partial charge in [0.2, 0.25) is 17.4 Å². The lowest BCUT2D eigenvalue weighted by Gasteiger charge is -2.11. The van der Waals surface area contributed by atoms with Crippen molar-refractivity contribution in [2.75, 3.05) is 0 Å². The molecule has 2 aromatic rings. The Bertz CT molecular complexity index is 1070. The number of rotatable bonds is 5. The van der Waals surface area contributed by atoms with Crippen LogP contribution in [-0.2, 0) is 35.8 Å². The molecule has 0 fully saturated rings. The molecule has 0 amide bonds. The van der Waals surface area contributed by atoms with Crippen LogP contribution in [0.4, 0.5) is 13.2 Å². The summed E-state index contributed by atoms with van der Waals surface area (Å²) < 4.78 is 80.2. The Labute approximate surface area is 159 Å². The van der Waals surface area contributed by atoms with E-state index >= 15 is 0 Å². The van der Waals surface area contributed by atoms with Crippen LogP contribution >= 0.6 is 0 Å². The smallest absolute Gasteiger partial charge is 0.433 e. The monoisotopic (exact) mass is 415 g/mol. The van der Waals surface area contributed by atoms with Crippen LogP contribution in [0.2, 0.25) is 0 Å². The average molecular weight is 415 g/mol. The highest BCUT2D eigenvalue weighted by atomic mass is 32.2. The van der Waals surface area contributed by atoms with Crippen molar-refractivity contribution in [1.82, 2.24) is 4.98 Å². The molecule has 148 valence electrons. The number of carbonyl (C=O) groups excluding carboxylic acids is 1. The van der Waals surface area contributed by atoms with Gasteiger partial charge in [-0.15, -0.1) is 0 Å². The number of Topliss-reactive ketones (excluding diaryl/α,β-unsaturated/α-hetero) is 1. The Morgan fingerprint density at radius 1 is 1.21 bits per heavy atom. The quantitative estimate of drug-likeness (QED) is 0.747. The van der Waals surface area contributed by atoms with Crippen molar-refractivity contribution in [2.24, 2.45) is 5.73 Å². The first-order valence-corrected chi connectivity index (χ1v) is 9.23. The van der Waals surface area contributed by atoms with Crippen LogP contribution < -0.4 is 5.73 Å². The summed E-state index contributed by atoms with van der Waals surface area (Å²) in [4.78, 5) is 15.7. The van der Waals surface area contributed by atoms with Crippen LogP contribution in [0.25, 0.3) is 0 Å². The number of benzene rings is 1. The summed E-state index contributed by atoms with van der Waals surface area (Å²) in [6.45, 7) is 0. The molecule has 7 nitrogen and oxygen atoms in total. The molecule has 0 radical (unpaired) electrons. The fraction of sp³-hybridized carbons (Fsp3) is 0.176. The molecular weight excluding hydrogens is 401 g/mol. The minimum Gasteiger partial charge on any atom is -0.460 e. The number of carbonyl (C=O) groups is 1. The van der Waals surface area contributed by atoms with Gasteiger partial charge in [-0.25, -0.2) is 0 Å². The summed E-state index contributed by atoms with van der Waals surface area (Å²) >= 11 is 0. The number of aromatic nitrogens is 1. The third kappa shape index (κ3) is 4.25.